The van der Waals surface area contributed by atoms with Crippen LogP contribution in [0.1, 0.15) is 50.7 Å². The molecule has 1 fully saturated rings. The number of nitrogens with one attached hydrogen (secondary N) is 2. The number of nitriles is 1. The molecule has 7 nitrogen and oxygen atoms in total. The van der Waals surface area contributed by atoms with Crippen molar-refractivity contribution in [3.63, 3.8) is 0 Å². The molecule has 0 bridgehead atoms. The van der Waals surface area contributed by atoms with Gasteiger partial charge in [0, 0.05) is 35.9 Å². The van der Waals surface area contributed by atoms with E-state index in [9.17, 15) is 15.2 Å². The Labute approximate surface area is 206 Å². The molecule has 4 N–H and O–H groups in total. The van der Waals surface area contributed by atoms with Gasteiger partial charge >= 0.3 is 0 Å². The quantitative estimate of drug-likeness (QED) is 0.457. The van der Waals surface area contributed by atoms with Crippen LogP contribution in [0.3, 0.4) is 0 Å². The Morgan fingerprint density at radius 1 is 1.35 bits per heavy atom. The van der Waals surface area contributed by atoms with Gasteiger partial charge in [0.05, 0.1) is 24.8 Å². The molecule has 1 amide bonds. The van der Waals surface area contributed by atoms with E-state index < -0.39 is 23.5 Å². The fourth-order valence-electron chi connectivity index (χ4n) is 4.90. The van der Waals surface area contributed by atoms with Crippen molar-refractivity contribution in [1.29, 1.82) is 5.26 Å². The number of hydrogen-bond acceptors (Lipinski definition) is 6. The summed E-state index contributed by atoms with van der Waals surface area (Å²) in [7, 11) is 0. The highest BCUT2D eigenvalue weighted by molar-refractivity contribution is 6.30. The normalized spacial score (nSPS) is 25.5. The molecule has 2 aromatic rings. The summed E-state index contributed by atoms with van der Waals surface area (Å²) in [4.78, 5) is 17.7. The zero-order valence-electron chi connectivity index (χ0n) is 19.8. The first kappa shape index (κ1) is 26.1. The Kier molecular flexibility index (Phi) is 8.32. The summed E-state index contributed by atoms with van der Waals surface area (Å²) in [6.45, 7) is 6.17. The number of carbonyl (C=O) groups is 1. The maximum absolute atomic E-state index is 13.5. The highest BCUT2D eigenvalue weighted by Crippen LogP contribution is 2.51. The zero-order valence-corrected chi connectivity index (χ0v) is 20.6. The van der Waals surface area contributed by atoms with Crippen molar-refractivity contribution in [2.45, 2.75) is 63.1 Å². The molecule has 0 spiro atoms. The Balaban J connectivity index is 2.12. The molecule has 4 unspecified atom stereocenters. The number of rotatable bonds is 8. The number of benzene rings is 1. The number of pyridine rings is 1. The number of nitrogens with zero attached hydrogens (tertiary/aromatic N) is 2. The van der Waals surface area contributed by atoms with E-state index in [1.54, 1.807) is 24.5 Å². The summed E-state index contributed by atoms with van der Waals surface area (Å²) in [5.74, 6) is -0.800. The highest BCUT2D eigenvalue weighted by Gasteiger charge is 2.59. The summed E-state index contributed by atoms with van der Waals surface area (Å²) in [6.07, 6.45) is 3.35. The number of amides is 1. The molecule has 0 saturated carbocycles. The van der Waals surface area contributed by atoms with Gasteiger partial charge < -0.3 is 20.8 Å². The van der Waals surface area contributed by atoms with Crippen molar-refractivity contribution in [2.75, 3.05) is 13.2 Å². The Morgan fingerprint density at radius 2 is 2.12 bits per heavy atom. The standard InChI is InChI=1S/C26H33ClN4O3/c1-25(2,3)13-21-26(16-28,18-7-5-10-29-14-18)22(17-6-4-8-19(27)12-17)23(31-21)24(34)30-11-9-20(33)15-32/h4-8,10,12,14,20-23,31-33H,9,11,13,15H2,1-3H3,(H,30,34)/t20-,21?,22?,23?,26?/m0/s1. The van der Waals surface area contributed by atoms with Gasteiger partial charge in [0.15, 0.2) is 0 Å². The minimum atomic E-state index is -1.07. The predicted octanol–water partition coefficient (Wildman–Crippen LogP) is 2.92. The van der Waals surface area contributed by atoms with Crippen LogP contribution in [0.4, 0.5) is 0 Å². The van der Waals surface area contributed by atoms with Crippen LogP contribution in [0.2, 0.25) is 5.02 Å². The molecule has 34 heavy (non-hydrogen) atoms. The first-order chi connectivity index (χ1) is 16.1. The smallest absolute Gasteiger partial charge is 0.237 e. The van der Waals surface area contributed by atoms with Gasteiger partial charge in [-0.3, -0.25) is 9.78 Å². The van der Waals surface area contributed by atoms with Gasteiger partial charge in [-0.2, -0.15) is 5.26 Å². The van der Waals surface area contributed by atoms with Crippen molar-refractivity contribution in [3.8, 4) is 6.07 Å². The van der Waals surface area contributed by atoms with Crippen LogP contribution < -0.4 is 10.6 Å². The number of aliphatic hydroxyl groups is 2. The highest BCUT2D eigenvalue weighted by atomic mass is 35.5. The average Bonchev–Trinajstić information content (AvgIpc) is 3.12. The number of aromatic nitrogens is 1. The summed E-state index contributed by atoms with van der Waals surface area (Å²) in [6, 6.07) is 12.6. The minimum Gasteiger partial charge on any atom is -0.394 e. The molecule has 1 aliphatic rings. The van der Waals surface area contributed by atoms with Gasteiger partial charge in [-0.25, -0.2) is 0 Å². The third kappa shape index (κ3) is 5.59. The van der Waals surface area contributed by atoms with Crippen LogP contribution in [-0.4, -0.2) is 52.4 Å². The molecule has 182 valence electrons. The topological polar surface area (TPSA) is 118 Å². The molecule has 0 aliphatic carbocycles. The van der Waals surface area contributed by atoms with Crippen molar-refractivity contribution >= 4 is 17.5 Å². The molecule has 1 aromatic heterocycles. The fourth-order valence-corrected chi connectivity index (χ4v) is 5.10. The fraction of sp³-hybridized carbons (Fsp3) is 0.500. The van der Waals surface area contributed by atoms with E-state index in [1.165, 1.54) is 0 Å². The molecule has 5 atom stereocenters. The largest absolute Gasteiger partial charge is 0.394 e. The third-order valence-electron chi connectivity index (χ3n) is 6.37. The lowest BCUT2D eigenvalue weighted by Crippen LogP contribution is -2.46. The van der Waals surface area contributed by atoms with Crippen molar-refractivity contribution < 1.29 is 15.0 Å². The minimum absolute atomic E-state index is 0.114. The molecule has 1 aliphatic heterocycles. The lowest BCUT2D eigenvalue weighted by atomic mass is 9.63. The lowest BCUT2D eigenvalue weighted by Gasteiger charge is -2.37. The van der Waals surface area contributed by atoms with Gasteiger partial charge in [-0.15, -0.1) is 0 Å². The van der Waals surface area contributed by atoms with E-state index in [-0.39, 0.29) is 36.9 Å². The van der Waals surface area contributed by atoms with Gasteiger partial charge in [-0.05, 0) is 47.6 Å². The van der Waals surface area contributed by atoms with Crippen molar-refractivity contribution in [1.82, 2.24) is 15.6 Å². The van der Waals surface area contributed by atoms with Gasteiger partial charge in [0.1, 0.15) is 5.41 Å². The molecule has 1 saturated heterocycles. The summed E-state index contributed by atoms with van der Waals surface area (Å²) in [5.41, 5.74) is 0.351. The summed E-state index contributed by atoms with van der Waals surface area (Å²) >= 11 is 6.34. The number of halogens is 1. The predicted molar refractivity (Wildman–Crippen MR) is 131 cm³/mol. The second kappa shape index (κ2) is 10.8. The van der Waals surface area contributed by atoms with Crippen molar-refractivity contribution in [3.05, 3.63) is 64.9 Å². The molecule has 0 radical (unpaired) electrons. The van der Waals surface area contributed by atoms with E-state index in [0.29, 0.717) is 11.4 Å². The van der Waals surface area contributed by atoms with Gasteiger partial charge in [0.25, 0.3) is 0 Å². The second-order valence-corrected chi connectivity index (χ2v) is 10.6. The van der Waals surface area contributed by atoms with E-state index in [0.717, 1.165) is 11.1 Å². The van der Waals surface area contributed by atoms with Gasteiger partial charge in [-0.1, -0.05) is 50.6 Å². The van der Waals surface area contributed by atoms with Gasteiger partial charge in [0.2, 0.25) is 5.91 Å². The van der Waals surface area contributed by atoms with E-state index in [1.807, 2.05) is 24.3 Å². The number of hydrogen-bond donors (Lipinski definition) is 4. The first-order valence-electron chi connectivity index (χ1n) is 11.5. The number of aliphatic hydroxyl groups excluding tert-OH is 2. The lowest BCUT2D eigenvalue weighted by molar-refractivity contribution is -0.123. The first-order valence-corrected chi connectivity index (χ1v) is 11.9. The molecule has 3 rings (SSSR count). The van der Waals surface area contributed by atoms with E-state index in [2.05, 4.69) is 42.5 Å². The van der Waals surface area contributed by atoms with Crippen LogP contribution in [0.25, 0.3) is 0 Å². The molecular weight excluding hydrogens is 452 g/mol. The monoisotopic (exact) mass is 484 g/mol. The van der Waals surface area contributed by atoms with Crippen LogP contribution in [-0.2, 0) is 10.2 Å². The SMILES string of the molecule is CC(C)(C)CC1NC(C(=O)NCC[C@H](O)CO)C(c2cccc(Cl)c2)C1(C#N)c1cccnc1. The summed E-state index contributed by atoms with van der Waals surface area (Å²) < 4.78 is 0. The Bertz CT molecular complexity index is 1020. The zero-order chi connectivity index (χ0) is 24.9. The second-order valence-electron chi connectivity index (χ2n) is 10.1. The average molecular weight is 485 g/mol. The molecule has 1 aromatic carbocycles. The Morgan fingerprint density at radius 3 is 2.71 bits per heavy atom. The molecule has 8 heteroatoms. The van der Waals surface area contributed by atoms with Crippen LogP contribution in [0.15, 0.2) is 48.8 Å². The van der Waals surface area contributed by atoms with Crippen molar-refractivity contribution in [2.24, 2.45) is 5.41 Å². The van der Waals surface area contributed by atoms with Crippen LogP contribution in [0.5, 0.6) is 0 Å². The summed E-state index contributed by atoms with van der Waals surface area (Å²) in [5, 5.41) is 36.4. The molecular formula is C26H33ClN4O3. The molecule has 2 heterocycles. The van der Waals surface area contributed by atoms with E-state index in [4.69, 9.17) is 16.7 Å². The van der Waals surface area contributed by atoms with Crippen LogP contribution in [0, 0.1) is 16.7 Å². The third-order valence-corrected chi connectivity index (χ3v) is 6.61. The Hall–Kier alpha value is -2.50. The van der Waals surface area contributed by atoms with E-state index >= 15 is 0 Å². The number of carbonyl (C=O) groups excluding carboxylic acids is 1. The maximum Gasteiger partial charge on any atom is 0.237 e. The van der Waals surface area contributed by atoms with Crippen LogP contribution >= 0.6 is 11.6 Å². The maximum atomic E-state index is 13.5.